The fraction of sp³-hybridized carbons (Fsp3) is 0.227. The van der Waals surface area contributed by atoms with Gasteiger partial charge in [0, 0.05) is 25.4 Å². The number of benzene rings is 1. The second-order valence-electron chi connectivity index (χ2n) is 7.42. The number of carbonyl (C=O) groups is 1. The van der Waals surface area contributed by atoms with Crippen LogP contribution in [0.5, 0.6) is 0 Å². The molecule has 0 spiro atoms. The molecule has 0 unspecified atom stereocenters. The summed E-state index contributed by atoms with van der Waals surface area (Å²) in [5.74, 6) is -3.88. The summed E-state index contributed by atoms with van der Waals surface area (Å²) >= 11 is 0. The molecular formula is C22H20F3N5O2. The molecule has 0 atom stereocenters. The second-order valence-corrected chi connectivity index (χ2v) is 7.42. The summed E-state index contributed by atoms with van der Waals surface area (Å²) in [6.45, 7) is 1.17. The molecule has 32 heavy (non-hydrogen) atoms. The largest absolute Gasteiger partial charge is 0.397 e. The Hall–Kier alpha value is -3.66. The van der Waals surface area contributed by atoms with Crippen LogP contribution in [0.2, 0.25) is 0 Å². The van der Waals surface area contributed by atoms with E-state index in [2.05, 4.69) is 15.3 Å². The monoisotopic (exact) mass is 443 g/mol. The summed E-state index contributed by atoms with van der Waals surface area (Å²) in [4.78, 5) is 22.8. The van der Waals surface area contributed by atoms with Gasteiger partial charge in [-0.25, -0.2) is 18.2 Å². The number of aromatic nitrogens is 2. The van der Waals surface area contributed by atoms with Crippen molar-refractivity contribution in [1.82, 2.24) is 9.97 Å². The first kappa shape index (κ1) is 21.6. The van der Waals surface area contributed by atoms with E-state index in [-0.39, 0.29) is 17.5 Å². The van der Waals surface area contributed by atoms with Crippen LogP contribution in [0, 0.1) is 17.5 Å². The molecule has 2 aromatic heterocycles. The van der Waals surface area contributed by atoms with E-state index in [1.165, 1.54) is 6.20 Å². The Morgan fingerprint density at radius 1 is 1.12 bits per heavy atom. The maximum atomic E-state index is 14.5. The van der Waals surface area contributed by atoms with E-state index in [0.717, 1.165) is 24.3 Å². The molecule has 166 valence electrons. The molecule has 0 radical (unpaired) electrons. The average Bonchev–Trinajstić information content (AvgIpc) is 2.76. The first-order valence-corrected chi connectivity index (χ1v) is 9.94. The van der Waals surface area contributed by atoms with Crippen LogP contribution in [0.1, 0.15) is 23.3 Å². The molecule has 1 fully saturated rings. The molecule has 0 saturated carbocycles. The summed E-state index contributed by atoms with van der Waals surface area (Å²) < 4.78 is 42.8. The lowest BCUT2D eigenvalue weighted by Crippen LogP contribution is -2.36. The fourth-order valence-corrected chi connectivity index (χ4v) is 3.63. The molecule has 10 heteroatoms. The van der Waals surface area contributed by atoms with E-state index in [0.29, 0.717) is 37.3 Å². The van der Waals surface area contributed by atoms with Crippen LogP contribution in [0.25, 0.3) is 11.3 Å². The second kappa shape index (κ2) is 8.83. The van der Waals surface area contributed by atoms with E-state index in [4.69, 9.17) is 5.73 Å². The quantitative estimate of drug-likeness (QED) is 0.571. The summed E-state index contributed by atoms with van der Waals surface area (Å²) in [6, 6.07) is 5.59. The zero-order valence-corrected chi connectivity index (χ0v) is 16.9. The first-order valence-electron chi connectivity index (χ1n) is 9.94. The van der Waals surface area contributed by atoms with Crippen LogP contribution >= 0.6 is 0 Å². The van der Waals surface area contributed by atoms with Gasteiger partial charge in [0.1, 0.15) is 17.3 Å². The van der Waals surface area contributed by atoms with Crippen LogP contribution in [0.3, 0.4) is 0 Å². The van der Waals surface area contributed by atoms with Crippen molar-refractivity contribution in [3.8, 4) is 11.3 Å². The van der Waals surface area contributed by atoms with Gasteiger partial charge in [-0.3, -0.25) is 9.78 Å². The average molecular weight is 443 g/mol. The molecule has 1 aliphatic rings. The van der Waals surface area contributed by atoms with Crippen LogP contribution in [-0.4, -0.2) is 40.2 Å². The van der Waals surface area contributed by atoms with Gasteiger partial charge in [0.15, 0.2) is 11.5 Å². The number of nitrogen functional groups attached to an aromatic ring is 1. The lowest BCUT2D eigenvalue weighted by Gasteiger charge is -2.32. The van der Waals surface area contributed by atoms with E-state index in [1.54, 1.807) is 12.3 Å². The lowest BCUT2D eigenvalue weighted by molar-refractivity contribution is 0.102. The number of pyridine rings is 2. The molecule has 4 rings (SSSR count). The van der Waals surface area contributed by atoms with E-state index in [1.807, 2.05) is 4.90 Å². The first-order chi connectivity index (χ1) is 15.3. The number of hydrogen-bond donors (Lipinski definition) is 3. The number of nitrogens with two attached hydrogens (primary N) is 1. The molecule has 3 heterocycles. The molecule has 1 amide bonds. The van der Waals surface area contributed by atoms with Crippen molar-refractivity contribution in [2.45, 2.75) is 18.9 Å². The Kier molecular flexibility index (Phi) is 5.95. The number of anilines is 3. The number of halogens is 3. The Labute approximate surface area is 181 Å². The number of aliphatic hydroxyl groups excluding tert-OH is 1. The molecule has 7 nitrogen and oxygen atoms in total. The molecule has 1 aromatic carbocycles. The number of nitrogens with zero attached hydrogens (tertiary/aromatic N) is 3. The Morgan fingerprint density at radius 2 is 1.81 bits per heavy atom. The zero-order valence-electron chi connectivity index (χ0n) is 16.9. The third kappa shape index (κ3) is 4.22. The van der Waals surface area contributed by atoms with Gasteiger partial charge in [0.25, 0.3) is 5.91 Å². The van der Waals surface area contributed by atoms with Crippen molar-refractivity contribution in [1.29, 1.82) is 0 Å². The highest BCUT2D eigenvalue weighted by Crippen LogP contribution is 2.31. The van der Waals surface area contributed by atoms with E-state index >= 15 is 0 Å². The lowest BCUT2D eigenvalue weighted by atomic mass is 10.1. The SMILES string of the molecule is Nc1cc(F)c(-c2c(F)cccc2F)nc1C(=O)Nc1cnccc1N1CCC(O)CC1. The number of carbonyl (C=O) groups excluding carboxylic acids is 1. The van der Waals surface area contributed by atoms with Crippen molar-refractivity contribution in [3.63, 3.8) is 0 Å². The van der Waals surface area contributed by atoms with Crippen molar-refractivity contribution in [3.05, 3.63) is 65.9 Å². The van der Waals surface area contributed by atoms with Gasteiger partial charge < -0.3 is 21.1 Å². The number of nitrogens with one attached hydrogen (secondary N) is 1. The van der Waals surface area contributed by atoms with Gasteiger partial charge in [-0.05, 0) is 31.0 Å². The number of aliphatic hydroxyl groups is 1. The Bertz CT molecular complexity index is 1150. The van der Waals surface area contributed by atoms with Crippen molar-refractivity contribution < 1.29 is 23.1 Å². The summed E-state index contributed by atoms with van der Waals surface area (Å²) in [6.07, 6.45) is 3.81. The van der Waals surface area contributed by atoms with Crippen molar-refractivity contribution in [2.24, 2.45) is 0 Å². The molecule has 3 aromatic rings. The van der Waals surface area contributed by atoms with Crippen LogP contribution < -0.4 is 16.0 Å². The Balaban J connectivity index is 1.67. The zero-order chi connectivity index (χ0) is 22.8. The van der Waals surface area contributed by atoms with Gasteiger partial charge in [0.05, 0.1) is 34.9 Å². The third-order valence-electron chi connectivity index (χ3n) is 5.27. The standard InChI is InChI=1S/C22H20F3N5O2/c23-13-2-1-3-14(24)19(13)20-15(25)10-16(26)21(29-20)22(32)28-17-11-27-7-4-18(17)30-8-5-12(31)6-9-30/h1-4,7,10-12,31H,5-6,8-9,26H2,(H,28,32). The predicted molar refractivity (Wildman–Crippen MR) is 114 cm³/mol. The fourth-order valence-electron chi connectivity index (χ4n) is 3.63. The topological polar surface area (TPSA) is 104 Å². The minimum Gasteiger partial charge on any atom is -0.397 e. The molecule has 1 aliphatic heterocycles. The molecule has 0 aliphatic carbocycles. The van der Waals surface area contributed by atoms with E-state index in [9.17, 15) is 23.1 Å². The van der Waals surface area contributed by atoms with Crippen LogP contribution in [0.4, 0.5) is 30.2 Å². The summed E-state index contributed by atoms with van der Waals surface area (Å²) in [5, 5.41) is 12.4. The van der Waals surface area contributed by atoms with Crippen LogP contribution in [-0.2, 0) is 0 Å². The van der Waals surface area contributed by atoms with Crippen molar-refractivity contribution in [2.75, 3.05) is 29.0 Å². The van der Waals surface area contributed by atoms with E-state index < -0.39 is 34.6 Å². The summed E-state index contributed by atoms with van der Waals surface area (Å²) in [7, 11) is 0. The van der Waals surface area contributed by atoms with Gasteiger partial charge in [-0.2, -0.15) is 0 Å². The molecule has 1 saturated heterocycles. The van der Waals surface area contributed by atoms with Gasteiger partial charge in [0.2, 0.25) is 0 Å². The van der Waals surface area contributed by atoms with Crippen molar-refractivity contribution >= 4 is 23.0 Å². The normalized spacial score (nSPS) is 14.4. The maximum absolute atomic E-state index is 14.5. The minimum atomic E-state index is -1.06. The highest BCUT2D eigenvalue weighted by atomic mass is 19.1. The van der Waals surface area contributed by atoms with Gasteiger partial charge in [-0.1, -0.05) is 6.07 Å². The maximum Gasteiger partial charge on any atom is 0.276 e. The number of rotatable bonds is 4. The number of amides is 1. The predicted octanol–water partition coefficient (Wildman–Crippen LogP) is 3.36. The smallest absolute Gasteiger partial charge is 0.276 e. The summed E-state index contributed by atoms with van der Waals surface area (Å²) in [5.41, 5.74) is 4.82. The molecular weight excluding hydrogens is 423 g/mol. The Morgan fingerprint density at radius 3 is 2.50 bits per heavy atom. The van der Waals surface area contributed by atoms with Gasteiger partial charge >= 0.3 is 0 Å². The highest BCUT2D eigenvalue weighted by molar-refractivity contribution is 6.08. The molecule has 0 bridgehead atoms. The number of hydrogen-bond acceptors (Lipinski definition) is 6. The van der Waals surface area contributed by atoms with Crippen LogP contribution in [0.15, 0.2) is 42.7 Å². The van der Waals surface area contributed by atoms with Gasteiger partial charge in [-0.15, -0.1) is 0 Å². The minimum absolute atomic E-state index is 0.285. The number of piperidine rings is 1. The highest BCUT2D eigenvalue weighted by Gasteiger charge is 2.24. The third-order valence-corrected chi connectivity index (χ3v) is 5.27. The molecule has 4 N–H and O–H groups in total.